The zero-order valence-electron chi connectivity index (χ0n) is 8.17. The Morgan fingerprint density at radius 3 is 3.07 bits per heavy atom. The minimum Gasteiger partial charge on any atom is -0.347 e. The molecule has 0 aromatic carbocycles. The first-order valence-electron chi connectivity index (χ1n) is 4.84. The van der Waals surface area contributed by atoms with Gasteiger partial charge in [0.25, 0.3) is 5.91 Å². The van der Waals surface area contributed by atoms with Crippen LogP contribution in [0.5, 0.6) is 0 Å². The van der Waals surface area contributed by atoms with Crippen molar-refractivity contribution in [2.45, 2.75) is 19.4 Å². The molecule has 2 rings (SSSR count). The number of carbonyl (C=O) groups is 1. The number of thiophene rings is 1. The summed E-state index contributed by atoms with van der Waals surface area (Å²) in [6.45, 7) is 3.92. The molecule has 4 heteroatoms. The van der Waals surface area contributed by atoms with Crippen LogP contribution in [0.2, 0.25) is 0 Å². The average molecular weight is 210 g/mol. The maximum Gasteiger partial charge on any atom is 0.261 e. The largest absolute Gasteiger partial charge is 0.347 e. The molecule has 0 spiro atoms. The van der Waals surface area contributed by atoms with Gasteiger partial charge in [0, 0.05) is 17.5 Å². The molecule has 1 aliphatic heterocycles. The minimum absolute atomic E-state index is 0.0665. The smallest absolute Gasteiger partial charge is 0.261 e. The number of hydrogen-bond acceptors (Lipinski definition) is 3. The number of amides is 1. The van der Waals surface area contributed by atoms with Gasteiger partial charge in [0.2, 0.25) is 0 Å². The monoisotopic (exact) mass is 210 g/mol. The Hall–Kier alpha value is -0.870. The minimum atomic E-state index is 0.0665. The lowest BCUT2D eigenvalue weighted by Crippen LogP contribution is -2.35. The molecule has 1 aliphatic rings. The highest BCUT2D eigenvalue weighted by atomic mass is 32.1. The van der Waals surface area contributed by atoms with Crippen molar-refractivity contribution in [1.29, 1.82) is 0 Å². The fourth-order valence-corrected chi connectivity index (χ4v) is 2.36. The summed E-state index contributed by atoms with van der Waals surface area (Å²) < 4.78 is 0. The number of hydrogen-bond donors (Lipinski definition) is 2. The van der Waals surface area contributed by atoms with Gasteiger partial charge in [0.15, 0.2) is 0 Å². The molecule has 1 aromatic rings. The molecule has 0 saturated carbocycles. The van der Waals surface area contributed by atoms with Crippen LogP contribution in [0, 0.1) is 6.92 Å². The zero-order chi connectivity index (χ0) is 9.97. The molecule has 2 heterocycles. The third-order valence-corrected chi connectivity index (χ3v) is 3.36. The quantitative estimate of drug-likeness (QED) is 0.769. The second-order valence-electron chi connectivity index (χ2n) is 3.57. The van der Waals surface area contributed by atoms with Gasteiger partial charge in [0.1, 0.15) is 0 Å². The predicted molar refractivity (Wildman–Crippen MR) is 57.8 cm³/mol. The van der Waals surface area contributed by atoms with E-state index in [1.807, 2.05) is 19.1 Å². The zero-order valence-corrected chi connectivity index (χ0v) is 8.99. The summed E-state index contributed by atoms with van der Waals surface area (Å²) >= 11 is 1.55. The van der Waals surface area contributed by atoms with E-state index < -0.39 is 0 Å². The predicted octanol–water partition coefficient (Wildman–Crippen LogP) is 1.15. The van der Waals surface area contributed by atoms with E-state index in [2.05, 4.69) is 10.6 Å². The van der Waals surface area contributed by atoms with Gasteiger partial charge >= 0.3 is 0 Å². The molecule has 1 amide bonds. The van der Waals surface area contributed by atoms with E-state index in [4.69, 9.17) is 0 Å². The third-order valence-electron chi connectivity index (χ3n) is 2.36. The summed E-state index contributed by atoms with van der Waals surface area (Å²) in [6, 6.07) is 4.18. The van der Waals surface area contributed by atoms with Gasteiger partial charge in [-0.05, 0) is 32.0 Å². The van der Waals surface area contributed by atoms with Crippen LogP contribution in [0.1, 0.15) is 21.0 Å². The summed E-state index contributed by atoms with van der Waals surface area (Å²) in [6.07, 6.45) is 1.04. The van der Waals surface area contributed by atoms with E-state index in [-0.39, 0.29) is 5.91 Å². The maximum absolute atomic E-state index is 11.7. The summed E-state index contributed by atoms with van der Waals surface area (Å²) in [4.78, 5) is 13.7. The first-order chi connectivity index (χ1) is 6.75. The Morgan fingerprint density at radius 1 is 1.64 bits per heavy atom. The van der Waals surface area contributed by atoms with Crippen LogP contribution in [-0.2, 0) is 0 Å². The highest BCUT2D eigenvalue weighted by molar-refractivity contribution is 7.13. The fraction of sp³-hybridized carbons (Fsp3) is 0.500. The number of aryl methyl sites for hydroxylation is 1. The van der Waals surface area contributed by atoms with Crippen LogP contribution in [0.15, 0.2) is 12.1 Å². The van der Waals surface area contributed by atoms with Gasteiger partial charge in [-0.2, -0.15) is 0 Å². The Labute approximate surface area is 87.5 Å². The van der Waals surface area contributed by atoms with Crippen LogP contribution < -0.4 is 10.6 Å². The van der Waals surface area contributed by atoms with Crippen molar-refractivity contribution in [2.75, 3.05) is 13.1 Å². The van der Waals surface area contributed by atoms with Gasteiger partial charge in [-0.15, -0.1) is 11.3 Å². The fourth-order valence-electron chi connectivity index (χ4n) is 1.59. The van der Waals surface area contributed by atoms with Crippen molar-refractivity contribution in [2.24, 2.45) is 0 Å². The van der Waals surface area contributed by atoms with Crippen LogP contribution in [0.4, 0.5) is 0 Å². The number of carbonyl (C=O) groups excluding carboxylic acids is 1. The van der Waals surface area contributed by atoms with Crippen molar-refractivity contribution < 1.29 is 4.79 Å². The van der Waals surface area contributed by atoms with Crippen molar-refractivity contribution in [1.82, 2.24) is 10.6 Å². The summed E-state index contributed by atoms with van der Waals surface area (Å²) in [5.41, 5.74) is 0. The lowest BCUT2D eigenvalue weighted by atomic mass is 10.2. The summed E-state index contributed by atoms with van der Waals surface area (Å²) in [5, 5.41) is 6.24. The van der Waals surface area contributed by atoms with Gasteiger partial charge in [0.05, 0.1) is 4.88 Å². The van der Waals surface area contributed by atoms with E-state index >= 15 is 0 Å². The third kappa shape index (κ3) is 2.13. The average Bonchev–Trinajstić information content (AvgIpc) is 2.75. The molecule has 14 heavy (non-hydrogen) atoms. The second kappa shape index (κ2) is 4.11. The molecule has 1 saturated heterocycles. The molecule has 0 bridgehead atoms. The second-order valence-corrected chi connectivity index (χ2v) is 4.86. The van der Waals surface area contributed by atoms with Gasteiger partial charge in [-0.1, -0.05) is 0 Å². The van der Waals surface area contributed by atoms with Gasteiger partial charge in [-0.25, -0.2) is 0 Å². The molecule has 0 unspecified atom stereocenters. The molecule has 0 radical (unpaired) electrons. The molecule has 1 fully saturated rings. The van der Waals surface area contributed by atoms with E-state index in [1.165, 1.54) is 4.88 Å². The first-order valence-corrected chi connectivity index (χ1v) is 5.65. The van der Waals surface area contributed by atoms with Gasteiger partial charge in [-0.3, -0.25) is 4.79 Å². The van der Waals surface area contributed by atoms with Gasteiger partial charge < -0.3 is 10.6 Å². The first kappa shape index (κ1) is 9.68. The van der Waals surface area contributed by atoms with Crippen LogP contribution >= 0.6 is 11.3 Å². The molecule has 2 N–H and O–H groups in total. The Bertz CT molecular complexity index is 329. The van der Waals surface area contributed by atoms with E-state index in [0.29, 0.717) is 6.04 Å². The SMILES string of the molecule is Cc1ccc(C(=O)N[C@@H]2CCNC2)s1. The maximum atomic E-state index is 11.7. The van der Waals surface area contributed by atoms with E-state index in [0.717, 1.165) is 24.4 Å². The van der Waals surface area contributed by atoms with E-state index in [1.54, 1.807) is 11.3 Å². The van der Waals surface area contributed by atoms with Crippen molar-refractivity contribution >= 4 is 17.2 Å². The lowest BCUT2D eigenvalue weighted by molar-refractivity contribution is 0.0944. The molecular weight excluding hydrogens is 196 g/mol. The molecule has 3 nitrogen and oxygen atoms in total. The Balaban J connectivity index is 1.95. The Kier molecular flexibility index (Phi) is 2.84. The number of rotatable bonds is 2. The molecule has 0 aliphatic carbocycles. The topological polar surface area (TPSA) is 41.1 Å². The molecule has 1 aromatic heterocycles. The van der Waals surface area contributed by atoms with Crippen molar-refractivity contribution in [3.63, 3.8) is 0 Å². The number of nitrogens with one attached hydrogen (secondary N) is 2. The van der Waals surface area contributed by atoms with Crippen LogP contribution in [0.25, 0.3) is 0 Å². The lowest BCUT2D eigenvalue weighted by Gasteiger charge is -2.09. The molecular formula is C10H14N2OS. The van der Waals surface area contributed by atoms with Crippen molar-refractivity contribution in [3.05, 3.63) is 21.9 Å². The van der Waals surface area contributed by atoms with Crippen LogP contribution in [-0.4, -0.2) is 25.0 Å². The summed E-state index contributed by atoms with van der Waals surface area (Å²) in [7, 11) is 0. The molecule has 76 valence electrons. The molecule has 1 atom stereocenters. The normalized spacial score (nSPS) is 21.1. The van der Waals surface area contributed by atoms with E-state index in [9.17, 15) is 4.79 Å². The summed E-state index contributed by atoms with van der Waals surface area (Å²) in [5.74, 6) is 0.0665. The highest BCUT2D eigenvalue weighted by Gasteiger charge is 2.17. The van der Waals surface area contributed by atoms with Crippen molar-refractivity contribution in [3.8, 4) is 0 Å². The van der Waals surface area contributed by atoms with Crippen LogP contribution in [0.3, 0.4) is 0 Å². The Morgan fingerprint density at radius 2 is 2.50 bits per heavy atom. The highest BCUT2D eigenvalue weighted by Crippen LogP contribution is 2.15. The standard InChI is InChI=1S/C10H14N2OS/c1-7-2-3-9(14-7)10(13)12-8-4-5-11-6-8/h2-3,8,11H,4-6H2,1H3,(H,12,13)/t8-/m1/s1.